The summed E-state index contributed by atoms with van der Waals surface area (Å²) in [5, 5.41) is 14.0. The Kier molecular flexibility index (Phi) is 7.70. The van der Waals surface area contributed by atoms with Crippen molar-refractivity contribution in [2.75, 3.05) is 4.90 Å². The molecule has 0 unspecified atom stereocenters. The van der Waals surface area contributed by atoms with E-state index >= 15 is 0 Å². The minimum atomic E-state index is -0.998. The van der Waals surface area contributed by atoms with E-state index in [1.165, 1.54) is 30.3 Å². The number of carbonyl (C=O) groups is 3. The molecule has 9 nitrogen and oxygen atoms in total. The Labute approximate surface area is 229 Å². The van der Waals surface area contributed by atoms with Gasteiger partial charge in [0, 0.05) is 27.7 Å². The van der Waals surface area contributed by atoms with E-state index in [4.69, 9.17) is 51.1 Å². The summed E-state index contributed by atoms with van der Waals surface area (Å²) in [6.07, 6.45) is 1.21. The predicted octanol–water partition coefficient (Wildman–Crippen LogP) is 6.45. The number of amides is 4. The highest BCUT2D eigenvalue weighted by molar-refractivity contribution is 6.40. The van der Waals surface area contributed by atoms with Gasteiger partial charge < -0.3 is 4.74 Å². The molecule has 4 rings (SSSR count). The maximum absolute atomic E-state index is 13.1. The normalized spacial score (nSPS) is 14.6. The molecular formula is C24H13Cl4N3O6. The van der Waals surface area contributed by atoms with E-state index in [1.807, 2.05) is 0 Å². The molecule has 1 aliphatic heterocycles. The monoisotopic (exact) mass is 579 g/mol. The molecule has 37 heavy (non-hydrogen) atoms. The Morgan fingerprint density at radius 1 is 0.919 bits per heavy atom. The molecule has 1 aliphatic rings. The highest BCUT2D eigenvalue weighted by atomic mass is 35.5. The average Bonchev–Trinajstić information content (AvgIpc) is 2.82. The standard InChI is InChI=1S/C24H13Cl4N3O6/c25-14-2-1-13(18(26)10-14)11-37-21-19(27)8-12(9-20(21)28)7-17-22(32)29-24(34)30(23(17)33)15-3-5-16(6-4-15)31(35)36/h1-10H,11H2,(H,29,32,34)/b17-7+. The van der Waals surface area contributed by atoms with Crippen molar-refractivity contribution in [2.45, 2.75) is 6.61 Å². The van der Waals surface area contributed by atoms with Crippen molar-refractivity contribution < 1.29 is 24.0 Å². The smallest absolute Gasteiger partial charge is 0.335 e. The number of imide groups is 2. The number of non-ortho nitro benzene ring substituents is 1. The first-order chi connectivity index (χ1) is 17.5. The van der Waals surface area contributed by atoms with Crippen molar-refractivity contribution in [3.05, 3.63) is 102 Å². The summed E-state index contributed by atoms with van der Waals surface area (Å²) in [4.78, 5) is 48.8. The maximum Gasteiger partial charge on any atom is 0.335 e. The number of ether oxygens (including phenoxy) is 1. The Morgan fingerprint density at radius 3 is 2.16 bits per heavy atom. The molecule has 13 heteroatoms. The minimum absolute atomic E-state index is 0.0344. The van der Waals surface area contributed by atoms with Gasteiger partial charge in [0.1, 0.15) is 12.2 Å². The number of hydrogen-bond donors (Lipinski definition) is 1. The maximum atomic E-state index is 13.1. The van der Waals surface area contributed by atoms with E-state index in [0.29, 0.717) is 20.5 Å². The molecule has 0 aromatic heterocycles. The minimum Gasteiger partial charge on any atom is -0.486 e. The molecule has 188 valence electrons. The Morgan fingerprint density at radius 2 is 1.57 bits per heavy atom. The zero-order chi connectivity index (χ0) is 26.9. The van der Waals surface area contributed by atoms with Crippen LogP contribution in [0.3, 0.4) is 0 Å². The fourth-order valence-electron chi connectivity index (χ4n) is 3.37. The molecule has 3 aromatic rings. The highest BCUT2D eigenvalue weighted by Crippen LogP contribution is 2.36. The quantitative estimate of drug-likeness (QED) is 0.155. The number of hydrogen-bond acceptors (Lipinski definition) is 6. The fourth-order valence-corrected chi connectivity index (χ4v) is 4.45. The zero-order valence-electron chi connectivity index (χ0n) is 18.3. The molecular weight excluding hydrogens is 568 g/mol. The number of nitrogens with one attached hydrogen (secondary N) is 1. The number of nitro groups is 1. The Balaban J connectivity index is 1.60. The first-order valence-electron chi connectivity index (χ1n) is 10.3. The molecule has 4 amide bonds. The van der Waals surface area contributed by atoms with Gasteiger partial charge in [-0.05, 0) is 48.0 Å². The Bertz CT molecular complexity index is 1470. The number of benzene rings is 3. The molecule has 0 atom stereocenters. The number of nitrogens with zero attached hydrogens (tertiary/aromatic N) is 2. The van der Waals surface area contributed by atoms with Crippen molar-refractivity contribution >= 4 is 81.7 Å². The van der Waals surface area contributed by atoms with Crippen LogP contribution in [0.2, 0.25) is 20.1 Å². The van der Waals surface area contributed by atoms with Gasteiger partial charge in [-0.2, -0.15) is 0 Å². The van der Waals surface area contributed by atoms with Crippen LogP contribution in [0.4, 0.5) is 16.2 Å². The lowest BCUT2D eigenvalue weighted by Crippen LogP contribution is -2.54. The van der Waals surface area contributed by atoms with Gasteiger partial charge in [0.05, 0.1) is 20.7 Å². The van der Waals surface area contributed by atoms with Crippen molar-refractivity contribution in [2.24, 2.45) is 0 Å². The number of urea groups is 1. The molecule has 1 N–H and O–H groups in total. The third-order valence-electron chi connectivity index (χ3n) is 5.14. The van der Waals surface area contributed by atoms with Crippen molar-refractivity contribution in [1.82, 2.24) is 5.32 Å². The van der Waals surface area contributed by atoms with Crippen molar-refractivity contribution in [3.63, 3.8) is 0 Å². The van der Waals surface area contributed by atoms with E-state index in [9.17, 15) is 24.5 Å². The predicted molar refractivity (Wildman–Crippen MR) is 139 cm³/mol. The van der Waals surface area contributed by atoms with Crippen LogP contribution in [-0.2, 0) is 16.2 Å². The van der Waals surface area contributed by atoms with E-state index < -0.39 is 22.8 Å². The first kappa shape index (κ1) is 26.4. The van der Waals surface area contributed by atoms with Crippen LogP contribution in [0.1, 0.15) is 11.1 Å². The number of rotatable bonds is 6. The molecule has 0 aliphatic carbocycles. The van der Waals surface area contributed by atoms with Gasteiger partial charge in [-0.15, -0.1) is 0 Å². The van der Waals surface area contributed by atoms with Crippen LogP contribution in [0.5, 0.6) is 5.75 Å². The molecule has 1 fully saturated rings. The summed E-state index contributed by atoms with van der Waals surface area (Å²) in [5.74, 6) is -1.72. The molecule has 0 saturated carbocycles. The second-order valence-electron chi connectivity index (χ2n) is 7.57. The summed E-state index contributed by atoms with van der Waals surface area (Å²) < 4.78 is 5.72. The summed E-state index contributed by atoms with van der Waals surface area (Å²) in [7, 11) is 0. The lowest BCUT2D eigenvalue weighted by atomic mass is 10.1. The van der Waals surface area contributed by atoms with Crippen LogP contribution < -0.4 is 15.0 Å². The third-order valence-corrected chi connectivity index (χ3v) is 6.29. The summed E-state index contributed by atoms with van der Waals surface area (Å²) >= 11 is 24.8. The van der Waals surface area contributed by atoms with Gasteiger partial charge in [0.2, 0.25) is 0 Å². The van der Waals surface area contributed by atoms with Crippen LogP contribution >= 0.6 is 46.4 Å². The van der Waals surface area contributed by atoms with Crippen LogP contribution in [0.15, 0.2) is 60.2 Å². The van der Waals surface area contributed by atoms with Gasteiger partial charge >= 0.3 is 6.03 Å². The fraction of sp³-hybridized carbons (Fsp3) is 0.0417. The van der Waals surface area contributed by atoms with E-state index in [-0.39, 0.29) is 44.9 Å². The van der Waals surface area contributed by atoms with Crippen LogP contribution in [-0.4, -0.2) is 22.8 Å². The van der Waals surface area contributed by atoms with E-state index in [1.54, 1.807) is 18.2 Å². The second-order valence-corrected chi connectivity index (χ2v) is 9.23. The molecule has 1 heterocycles. The third kappa shape index (κ3) is 5.70. The highest BCUT2D eigenvalue weighted by Gasteiger charge is 2.37. The number of barbiturate groups is 1. The van der Waals surface area contributed by atoms with E-state index in [2.05, 4.69) is 5.32 Å². The van der Waals surface area contributed by atoms with E-state index in [0.717, 1.165) is 12.1 Å². The van der Waals surface area contributed by atoms with Crippen LogP contribution in [0, 0.1) is 10.1 Å². The van der Waals surface area contributed by atoms with Crippen molar-refractivity contribution in [1.29, 1.82) is 0 Å². The second kappa shape index (κ2) is 10.8. The number of anilines is 1. The SMILES string of the molecule is O=C1NC(=O)N(c2ccc([N+](=O)[O-])cc2)C(=O)/C1=C/c1cc(Cl)c(OCc2ccc(Cl)cc2Cl)c(Cl)c1. The van der Waals surface area contributed by atoms with Gasteiger partial charge in [-0.1, -0.05) is 52.5 Å². The summed E-state index contributed by atoms with van der Waals surface area (Å²) in [6, 6.07) is 11.5. The number of carbonyl (C=O) groups excluding carboxylic acids is 3. The molecule has 0 bridgehead atoms. The molecule has 0 spiro atoms. The first-order valence-corrected chi connectivity index (χ1v) is 11.8. The number of nitro benzene ring substituents is 1. The molecule has 3 aromatic carbocycles. The average molecular weight is 581 g/mol. The van der Waals surface area contributed by atoms with Gasteiger partial charge in [-0.3, -0.25) is 25.0 Å². The van der Waals surface area contributed by atoms with Crippen LogP contribution in [0.25, 0.3) is 6.08 Å². The Hall–Kier alpha value is -3.63. The molecule has 0 radical (unpaired) electrons. The zero-order valence-corrected chi connectivity index (χ0v) is 21.4. The lowest BCUT2D eigenvalue weighted by Gasteiger charge is -2.26. The lowest BCUT2D eigenvalue weighted by molar-refractivity contribution is -0.384. The largest absolute Gasteiger partial charge is 0.486 e. The molecule has 1 saturated heterocycles. The van der Waals surface area contributed by atoms with Gasteiger partial charge in [-0.25, -0.2) is 9.69 Å². The summed E-state index contributed by atoms with van der Waals surface area (Å²) in [6.45, 7) is 0.0447. The van der Waals surface area contributed by atoms with Crippen molar-refractivity contribution in [3.8, 4) is 5.75 Å². The topological polar surface area (TPSA) is 119 Å². The summed E-state index contributed by atoms with van der Waals surface area (Å²) in [5.41, 5.74) is 0.345. The number of halogens is 4. The van der Waals surface area contributed by atoms with Gasteiger partial charge in [0.15, 0.2) is 5.75 Å². The van der Waals surface area contributed by atoms with Gasteiger partial charge in [0.25, 0.3) is 17.5 Å².